The van der Waals surface area contributed by atoms with Gasteiger partial charge in [0.1, 0.15) is 6.54 Å². The molecule has 1 aliphatic heterocycles. The van der Waals surface area contributed by atoms with Gasteiger partial charge in [-0.05, 0) is 46.9 Å². The summed E-state index contributed by atoms with van der Waals surface area (Å²) < 4.78 is 10.9. The van der Waals surface area contributed by atoms with E-state index in [2.05, 4.69) is 26.1 Å². The molecule has 1 aliphatic rings. The van der Waals surface area contributed by atoms with Gasteiger partial charge in [0, 0.05) is 18.7 Å². The molecule has 6 nitrogen and oxygen atoms in total. The third-order valence-electron chi connectivity index (χ3n) is 4.89. The molecule has 0 unspecified atom stereocenters. The number of nitrogens with zero attached hydrogens (tertiary/aromatic N) is 1. The number of benzene rings is 2. The molecule has 0 spiro atoms. The Balaban J connectivity index is 1.97. The van der Waals surface area contributed by atoms with E-state index in [1.807, 2.05) is 18.2 Å². The number of methoxy groups -OCH3 is 1. The summed E-state index contributed by atoms with van der Waals surface area (Å²) in [6.07, 6.45) is 1.65. The number of ether oxygens (including phenoxy) is 2. The van der Waals surface area contributed by atoms with E-state index in [9.17, 15) is 9.59 Å². The van der Waals surface area contributed by atoms with Crippen LogP contribution in [0, 0.1) is 0 Å². The Kier molecular flexibility index (Phi) is 7.03. The number of hydrogen-bond acceptors (Lipinski definition) is 4. The Bertz CT molecular complexity index is 994. The lowest BCUT2D eigenvalue weighted by Crippen LogP contribution is -2.44. The van der Waals surface area contributed by atoms with Crippen LogP contribution < -0.4 is 15.0 Å². The zero-order valence-electron chi connectivity index (χ0n) is 18.2. The zero-order valence-corrected chi connectivity index (χ0v) is 19.0. The van der Waals surface area contributed by atoms with Crippen LogP contribution in [0.15, 0.2) is 48.2 Å². The highest BCUT2D eigenvalue weighted by atomic mass is 35.5. The Morgan fingerprint density at radius 3 is 2.55 bits per heavy atom. The summed E-state index contributed by atoms with van der Waals surface area (Å²) in [5, 5.41) is 3.37. The summed E-state index contributed by atoms with van der Waals surface area (Å²) in [7, 11) is 1.57. The van der Waals surface area contributed by atoms with E-state index >= 15 is 0 Å². The Morgan fingerprint density at radius 1 is 1.19 bits per heavy atom. The van der Waals surface area contributed by atoms with Crippen LogP contribution in [0.2, 0.25) is 5.02 Å². The van der Waals surface area contributed by atoms with Crippen molar-refractivity contribution < 1.29 is 19.1 Å². The topological polar surface area (TPSA) is 67.9 Å². The van der Waals surface area contributed by atoms with Gasteiger partial charge in [-0.1, -0.05) is 50.6 Å². The van der Waals surface area contributed by atoms with E-state index in [1.165, 1.54) is 4.90 Å². The molecule has 0 saturated heterocycles. The molecule has 0 saturated carbocycles. The first kappa shape index (κ1) is 22.8. The number of fused-ring (bicyclic) bond motifs is 1. The van der Waals surface area contributed by atoms with E-state index in [0.717, 1.165) is 11.1 Å². The number of carbonyl (C=O) groups is 2. The molecule has 164 valence electrons. The minimum Gasteiger partial charge on any atom is -0.449 e. The molecule has 31 heavy (non-hydrogen) atoms. The van der Waals surface area contributed by atoms with Crippen LogP contribution in [-0.4, -0.2) is 38.6 Å². The number of rotatable bonds is 6. The molecule has 2 aromatic rings. The molecule has 0 bridgehead atoms. The van der Waals surface area contributed by atoms with Gasteiger partial charge in [0.15, 0.2) is 11.5 Å². The Labute approximate surface area is 187 Å². The second-order valence-electron chi connectivity index (χ2n) is 8.33. The average Bonchev–Trinajstić information content (AvgIpc) is 2.72. The van der Waals surface area contributed by atoms with Gasteiger partial charge in [-0.3, -0.25) is 14.5 Å². The summed E-state index contributed by atoms with van der Waals surface area (Å²) >= 11 is 5.95. The first-order valence-corrected chi connectivity index (χ1v) is 10.4. The number of anilines is 1. The summed E-state index contributed by atoms with van der Waals surface area (Å²) in [6, 6.07) is 12.8. The van der Waals surface area contributed by atoms with Crippen LogP contribution in [0.25, 0.3) is 6.08 Å². The lowest BCUT2D eigenvalue weighted by Gasteiger charge is -2.32. The smallest absolute Gasteiger partial charge is 0.294 e. The number of carbonyl (C=O) groups excluding carboxylic acids is 2. The molecule has 0 aromatic heterocycles. The second-order valence-corrected chi connectivity index (χ2v) is 8.77. The SMILES string of the molecule is COCCNC(=O)CN1C(=O)/C(=C\c2ccc(Cl)cc2)Oc2ccc(C(C)(C)C)cc21. The molecule has 0 atom stereocenters. The van der Waals surface area contributed by atoms with Crippen LogP contribution in [0.5, 0.6) is 5.75 Å². The van der Waals surface area contributed by atoms with E-state index in [4.69, 9.17) is 21.1 Å². The first-order valence-electron chi connectivity index (χ1n) is 10.1. The van der Waals surface area contributed by atoms with E-state index in [-0.39, 0.29) is 29.5 Å². The van der Waals surface area contributed by atoms with Gasteiger partial charge in [0.05, 0.1) is 12.3 Å². The maximum atomic E-state index is 13.3. The molecule has 3 rings (SSSR count). The summed E-state index contributed by atoms with van der Waals surface area (Å²) in [4.78, 5) is 27.2. The van der Waals surface area contributed by atoms with E-state index in [1.54, 1.807) is 37.5 Å². The minimum absolute atomic E-state index is 0.121. The summed E-state index contributed by atoms with van der Waals surface area (Å²) in [6.45, 7) is 6.92. The molecule has 2 amide bonds. The van der Waals surface area contributed by atoms with Crippen molar-refractivity contribution in [1.82, 2.24) is 5.32 Å². The highest BCUT2D eigenvalue weighted by Crippen LogP contribution is 2.39. The van der Waals surface area contributed by atoms with Crippen molar-refractivity contribution in [3.63, 3.8) is 0 Å². The molecule has 0 aliphatic carbocycles. The Morgan fingerprint density at radius 2 is 1.90 bits per heavy atom. The molecule has 0 radical (unpaired) electrons. The van der Waals surface area contributed by atoms with Crippen LogP contribution in [0.3, 0.4) is 0 Å². The van der Waals surface area contributed by atoms with Gasteiger partial charge in [-0.25, -0.2) is 0 Å². The van der Waals surface area contributed by atoms with Gasteiger partial charge >= 0.3 is 0 Å². The molecule has 0 fully saturated rings. The van der Waals surface area contributed by atoms with Gasteiger partial charge in [-0.15, -0.1) is 0 Å². The maximum absolute atomic E-state index is 13.3. The quantitative estimate of drug-likeness (QED) is 0.538. The van der Waals surface area contributed by atoms with Gasteiger partial charge < -0.3 is 14.8 Å². The van der Waals surface area contributed by atoms with Gasteiger partial charge in [0.25, 0.3) is 5.91 Å². The summed E-state index contributed by atoms with van der Waals surface area (Å²) in [5.74, 6) is 0.0150. The van der Waals surface area contributed by atoms with Gasteiger partial charge in [0.2, 0.25) is 5.91 Å². The molecular weight excluding hydrogens is 416 g/mol. The predicted octanol–water partition coefficient (Wildman–Crippen LogP) is 4.17. The monoisotopic (exact) mass is 442 g/mol. The average molecular weight is 443 g/mol. The maximum Gasteiger partial charge on any atom is 0.294 e. The lowest BCUT2D eigenvalue weighted by atomic mass is 9.86. The van der Waals surface area contributed by atoms with Crippen molar-refractivity contribution in [2.45, 2.75) is 26.2 Å². The fourth-order valence-corrected chi connectivity index (χ4v) is 3.26. The number of nitrogens with one attached hydrogen (secondary N) is 1. The molecular formula is C24H27ClN2O4. The van der Waals surface area contributed by atoms with Crippen molar-refractivity contribution in [1.29, 1.82) is 0 Å². The van der Waals surface area contributed by atoms with Gasteiger partial charge in [-0.2, -0.15) is 0 Å². The van der Waals surface area contributed by atoms with Crippen LogP contribution in [0.1, 0.15) is 31.9 Å². The number of halogens is 1. The van der Waals surface area contributed by atoms with Crippen molar-refractivity contribution in [3.05, 3.63) is 64.4 Å². The van der Waals surface area contributed by atoms with E-state index < -0.39 is 0 Å². The molecule has 2 aromatic carbocycles. The minimum atomic E-state index is -0.379. The van der Waals surface area contributed by atoms with E-state index in [0.29, 0.717) is 29.6 Å². The normalized spacial score (nSPS) is 14.9. The predicted molar refractivity (Wildman–Crippen MR) is 122 cm³/mol. The highest BCUT2D eigenvalue weighted by molar-refractivity contribution is 6.30. The van der Waals surface area contributed by atoms with Crippen molar-refractivity contribution in [2.75, 3.05) is 31.7 Å². The Hall–Kier alpha value is -2.83. The third-order valence-corrected chi connectivity index (χ3v) is 5.14. The zero-order chi connectivity index (χ0) is 22.6. The fraction of sp³-hybridized carbons (Fsp3) is 0.333. The fourth-order valence-electron chi connectivity index (χ4n) is 3.14. The molecule has 1 N–H and O–H groups in total. The molecule has 1 heterocycles. The largest absolute Gasteiger partial charge is 0.449 e. The van der Waals surface area contributed by atoms with Crippen molar-refractivity contribution >= 4 is 35.2 Å². The number of amides is 2. The summed E-state index contributed by atoms with van der Waals surface area (Å²) in [5.41, 5.74) is 2.27. The van der Waals surface area contributed by atoms with Crippen LogP contribution >= 0.6 is 11.6 Å². The van der Waals surface area contributed by atoms with Crippen molar-refractivity contribution in [3.8, 4) is 5.75 Å². The lowest BCUT2D eigenvalue weighted by molar-refractivity contribution is -0.123. The number of hydrogen-bond donors (Lipinski definition) is 1. The first-order chi connectivity index (χ1) is 14.7. The highest BCUT2D eigenvalue weighted by Gasteiger charge is 2.33. The second kappa shape index (κ2) is 9.54. The van der Waals surface area contributed by atoms with Crippen LogP contribution in [-0.2, 0) is 19.7 Å². The standard InChI is InChI=1S/C24H27ClN2O4/c1-24(2,3)17-7-10-20-19(14-17)27(15-22(28)26-11-12-30-4)23(29)21(31-20)13-16-5-8-18(25)9-6-16/h5-10,13-14H,11-12,15H2,1-4H3,(H,26,28)/b21-13+. The van der Waals surface area contributed by atoms with Crippen molar-refractivity contribution in [2.24, 2.45) is 0 Å². The molecule has 7 heteroatoms. The third kappa shape index (κ3) is 5.66. The van der Waals surface area contributed by atoms with Crippen LogP contribution in [0.4, 0.5) is 5.69 Å².